The summed E-state index contributed by atoms with van der Waals surface area (Å²) in [7, 11) is -3.89. The number of benzene rings is 2. The van der Waals surface area contributed by atoms with E-state index in [2.05, 4.69) is 4.98 Å². The van der Waals surface area contributed by atoms with E-state index >= 15 is 0 Å². The number of H-pyrrole nitrogens is 1. The molecule has 0 amide bonds. The highest BCUT2D eigenvalue weighted by Gasteiger charge is 2.37. The molecule has 222 valence electrons. The lowest BCUT2D eigenvalue weighted by Gasteiger charge is -2.37. The minimum Gasteiger partial charge on any atom is -0.493 e. The van der Waals surface area contributed by atoms with Gasteiger partial charge in [-0.1, -0.05) is 43.2 Å². The van der Waals surface area contributed by atoms with E-state index in [1.54, 1.807) is 10.6 Å². The van der Waals surface area contributed by atoms with Crippen molar-refractivity contribution in [3.63, 3.8) is 0 Å². The van der Waals surface area contributed by atoms with E-state index in [4.69, 9.17) is 14.8 Å². The molecule has 0 radical (unpaired) electrons. The van der Waals surface area contributed by atoms with E-state index in [1.807, 2.05) is 44.2 Å². The van der Waals surface area contributed by atoms with Crippen LogP contribution in [-0.4, -0.2) is 62.7 Å². The maximum atomic E-state index is 13.8. The molecule has 1 aliphatic heterocycles. The molecule has 42 heavy (non-hydrogen) atoms. The van der Waals surface area contributed by atoms with Crippen LogP contribution in [0.4, 0.5) is 0 Å². The van der Waals surface area contributed by atoms with Crippen molar-refractivity contribution in [1.29, 1.82) is 0 Å². The van der Waals surface area contributed by atoms with Crippen LogP contribution < -0.4 is 10.3 Å². The fraction of sp³-hybridized carbons (Fsp3) is 0.452. The molecule has 0 unspecified atom stereocenters. The largest absolute Gasteiger partial charge is 0.493 e. The van der Waals surface area contributed by atoms with Crippen LogP contribution in [0.2, 0.25) is 0 Å². The number of aromatic nitrogens is 4. The lowest BCUT2D eigenvalue weighted by Crippen LogP contribution is -2.47. The number of nitrogens with zero attached hydrogens (tertiary/aromatic N) is 4. The number of fused-ring (bicyclic) bond motifs is 1. The second kappa shape index (κ2) is 11.3. The molecule has 0 bridgehead atoms. The molecule has 1 saturated heterocycles. The minimum absolute atomic E-state index is 0.0787. The second-order valence-electron chi connectivity index (χ2n) is 11.5. The van der Waals surface area contributed by atoms with Gasteiger partial charge in [-0.25, -0.2) is 17.9 Å². The van der Waals surface area contributed by atoms with Gasteiger partial charge in [0, 0.05) is 25.4 Å². The number of sulfonamides is 1. The van der Waals surface area contributed by atoms with Crippen LogP contribution >= 0.6 is 0 Å². The van der Waals surface area contributed by atoms with Crippen molar-refractivity contribution in [1.82, 2.24) is 23.9 Å². The molecule has 0 spiro atoms. The zero-order valence-corrected chi connectivity index (χ0v) is 24.9. The van der Waals surface area contributed by atoms with Gasteiger partial charge in [0.2, 0.25) is 10.0 Å². The summed E-state index contributed by atoms with van der Waals surface area (Å²) in [6.07, 6.45) is 5.37. The number of nitrogens with one attached hydrogen (secondary N) is 1. The minimum atomic E-state index is -3.89. The Morgan fingerprint density at radius 3 is 2.50 bits per heavy atom. The molecular formula is C31H37N5O5S. The number of ether oxygens (including phenoxy) is 1. The van der Waals surface area contributed by atoms with Gasteiger partial charge in [-0.05, 0) is 63.3 Å². The average Bonchev–Trinajstić information content (AvgIpc) is 3.62. The summed E-state index contributed by atoms with van der Waals surface area (Å²) in [5, 5.41) is 16.0. The molecule has 2 N–H and O–H groups in total. The first-order chi connectivity index (χ1) is 20.2. The summed E-state index contributed by atoms with van der Waals surface area (Å²) in [5.74, 6) is 1.64. The van der Waals surface area contributed by atoms with Gasteiger partial charge in [0.15, 0.2) is 11.3 Å². The van der Waals surface area contributed by atoms with Crippen molar-refractivity contribution in [2.24, 2.45) is 0 Å². The van der Waals surface area contributed by atoms with Crippen molar-refractivity contribution in [2.75, 3.05) is 19.7 Å². The van der Waals surface area contributed by atoms with Gasteiger partial charge in [0.1, 0.15) is 11.6 Å². The van der Waals surface area contributed by atoms with E-state index in [0.29, 0.717) is 48.4 Å². The van der Waals surface area contributed by atoms with E-state index in [-0.39, 0.29) is 35.3 Å². The van der Waals surface area contributed by atoms with Crippen molar-refractivity contribution >= 4 is 15.5 Å². The van der Waals surface area contributed by atoms with E-state index in [9.17, 15) is 18.3 Å². The Kier molecular flexibility index (Phi) is 7.67. The molecule has 2 aromatic carbocycles. The fourth-order valence-electron chi connectivity index (χ4n) is 6.34. The van der Waals surface area contributed by atoms with Crippen LogP contribution in [-0.2, 0) is 16.4 Å². The Bertz CT molecular complexity index is 1750. The third-order valence-electron chi connectivity index (χ3n) is 8.59. The molecule has 4 aromatic rings. The summed E-state index contributed by atoms with van der Waals surface area (Å²) in [6, 6.07) is 14.4. The Balaban J connectivity index is 1.33. The third-order valence-corrected chi connectivity index (χ3v) is 10.5. The quantitative estimate of drug-likeness (QED) is 0.314. The van der Waals surface area contributed by atoms with Gasteiger partial charge in [0.05, 0.1) is 28.4 Å². The first kappa shape index (κ1) is 28.6. The number of piperidine rings is 1. The summed E-state index contributed by atoms with van der Waals surface area (Å²) < 4.78 is 36.5. The Morgan fingerprint density at radius 2 is 1.81 bits per heavy atom. The molecule has 1 aliphatic carbocycles. The van der Waals surface area contributed by atoms with Crippen LogP contribution in [0.25, 0.3) is 16.9 Å². The third kappa shape index (κ3) is 5.36. The Morgan fingerprint density at radius 1 is 1.10 bits per heavy atom. The van der Waals surface area contributed by atoms with Gasteiger partial charge in [0.25, 0.3) is 5.56 Å². The van der Waals surface area contributed by atoms with Crippen LogP contribution in [0.1, 0.15) is 68.4 Å². The molecule has 2 aromatic heterocycles. The van der Waals surface area contributed by atoms with E-state index < -0.39 is 15.6 Å². The molecule has 10 nitrogen and oxygen atoms in total. The number of aromatic amines is 1. The maximum absolute atomic E-state index is 13.8. The summed E-state index contributed by atoms with van der Waals surface area (Å²) in [5.41, 5.74) is 1.14. The Hall–Kier alpha value is -3.54. The zero-order chi connectivity index (χ0) is 29.5. The van der Waals surface area contributed by atoms with Gasteiger partial charge in [-0.15, -0.1) is 5.10 Å². The second-order valence-corrected chi connectivity index (χ2v) is 13.4. The SMILES string of the molecule is CCOc1ccc(S(=O)(=O)N2CCC(O)(Cc3ccccc3)CC2)cc1-c1nn2c(C3CCCC3)nc(C)c2c(=O)[nH]1. The average molecular weight is 592 g/mol. The fourth-order valence-corrected chi connectivity index (χ4v) is 7.81. The highest BCUT2D eigenvalue weighted by atomic mass is 32.2. The summed E-state index contributed by atoms with van der Waals surface area (Å²) in [4.78, 5) is 20.9. The normalized spacial score (nSPS) is 18.1. The molecule has 2 aliphatic rings. The Labute approximate surface area is 245 Å². The van der Waals surface area contributed by atoms with Crippen molar-refractivity contribution < 1.29 is 18.3 Å². The molecule has 2 fully saturated rings. The van der Waals surface area contributed by atoms with Crippen LogP contribution in [0.15, 0.2) is 58.2 Å². The van der Waals surface area contributed by atoms with Gasteiger partial charge in [-0.2, -0.15) is 4.31 Å². The molecule has 1 saturated carbocycles. The summed E-state index contributed by atoms with van der Waals surface area (Å²) in [6.45, 7) is 4.41. The van der Waals surface area contributed by atoms with E-state index in [0.717, 1.165) is 37.1 Å². The van der Waals surface area contributed by atoms with Gasteiger partial charge < -0.3 is 14.8 Å². The highest BCUT2D eigenvalue weighted by molar-refractivity contribution is 7.89. The van der Waals surface area contributed by atoms with Gasteiger partial charge >= 0.3 is 0 Å². The van der Waals surface area contributed by atoms with Crippen molar-refractivity contribution in [3.8, 4) is 17.1 Å². The topological polar surface area (TPSA) is 130 Å². The van der Waals surface area contributed by atoms with Crippen molar-refractivity contribution in [2.45, 2.75) is 75.2 Å². The van der Waals surface area contributed by atoms with Crippen LogP contribution in [0.3, 0.4) is 0 Å². The van der Waals surface area contributed by atoms with Gasteiger partial charge in [-0.3, -0.25) is 4.79 Å². The molecule has 3 heterocycles. The standard InChI is InChI=1S/C31H37N5O5S/c1-3-41-26-14-13-24(42(39,40)35-17-15-31(38,16-18-35)20-22-9-5-4-6-10-22)19-25(26)28-33-30(37)27-21(2)32-29(36(27)34-28)23-11-7-8-12-23/h4-6,9-10,13-14,19,23,38H,3,7-8,11-12,15-18,20H2,1-2H3,(H,33,34,37). The first-order valence-corrected chi connectivity index (χ1v) is 16.2. The molecule has 0 atom stereocenters. The molecule has 6 rings (SSSR count). The lowest BCUT2D eigenvalue weighted by molar-refractivity contribution is -0.00441. The molecule has 11 heteroatoms. The number of hydrogen-bond donors (Lipinski definition) is 2. The molecular weight excluding hydrogens is 554 g/mol. The van der Waals surface area contributed by atoms with E-state index in [1.165, 1.54) is 16.4 Å². The predicted octanol–water partition coefficient (Wildman–Crippen LogP) is 4.21. The number of rotatable bonds is 8. The number of aliphatic hydroxyl groups is 1. The smallest absolute Gasteiger partial charge is 0.277 e. The number of imidazole rings is 1. The maximum Gasteiger partial charge on any atom is 0.277 e. The zero-order valence-electron chi connectivity index (χ0n) is 24.0. The highest BCUT2D eigenvalue weighted by Crippen LogP contribution is 2.36. The van der Waals surface area contributed by atoms with Crippen LogP contribution in [0, 0.1) is 6.92 Å². The first-order valence-electron chi connectivity index (χ1n) is 14.7. The number of aryl methyl sites for hydroxylation is 1. The monoisotopic (exact) mass is 591 g/mol. The predicted molar refractivity (Wildman–Crippen MR) is 159 cm³/mol. The van der Waals surface area contributed by atoms with Crippen LogP contribution in [0.5, 0.6) is 5.75 Å². The summed E-state index contributed by atoms with van der Waals surface area (Å²) >= 11 is 0. The number of hydrogen-bond acceptors (Lipinski definition) is 7. The lowest BCUT2D eigenvalue weighted by atomic mass is 9.86. The van der Waals surface area contributed by atoms with Crippen molar-refractivity contribution in [3.05, 3.63) is 76.0 Å².